The molecule has 2 aliphatic rings. The smallest absolute Gasteiger partial charge is 0.277 e. The number of para-hydroxylation sites is 1. The fraction of sp³-hybridized carbons (Fsp3) is 0.389. The molecule has 4 rings (SSSR count). The first kappa shape index (κ1) is 15.1. The van der Waals surface area contributed by atoms with E-state index < -0.39 is 0 Å². The van der Waals surface area contributed by atoms with Crippen LogP contribution in [0.4, 0.5) is 11.6 Å². The third kappa shape index (κ3) is 2.97. The van der Waals surface area contributed by atoms with E-state index in [1.54, 1.807) is 17.2 Å². The van der Waals surface area contributed by atoms with Crippen molar-refractivity contribution in [2.45, 2.75) is 25.4 Å². The molecule has 3 heterocycles. The zero-order valence-corrected chi connectivity index (χ0v) is 13.4. The normalized spacial score (nSPS) is 19.3. The van der Waals surface area contributed by atoms with E-state index in [1.807, 2.05) is 18.2 Å². The molecule has 0 saturated carbocycles. The Hall–Kier alpha value is -2.47. The maximum absolute atomic E-state index is 12.8. The molecule has 2 aromatic rings. The summed E-state index contributed by atoms with van der Waals surface area (Å²) in [4.78, 5) is 23.2. The van der Waals surface area contributed by atoms with Gasteiger partial charge in [0.05, 0.1) is 6.10 Å². The van der Waals surface area contributed by atoms with Crippen molar-refractivity contribution in [1.82, 2.24) is 9.97 Å². The molecule has 0 aliphatic carbocycles. The van der Waals surface area contributed by atoms with Crippen LogP contribution in [0.15, 0.2) is 36.5 Å². The molecule has 0 radical (unpaired) electrons. The fourth-order valence-electron chi connectivity index (χ4n) is 3.26. The maximum atomic E-state index is 12.8. The first-order chi connectivity index (χ1) is 11.8. The third-order valence-electron chi connectivity index (χ3n) is 4.52. The van der Waals surface area contributed by atoms with Gasteiger partial charge in [0.15, 0.2) is 0 Å². The average Bonchev–Trinajstić information content (AvgIpc) is 3.29. The van der Waals surface area contributed by atoms with Gasteiger partial charge in [0.25, 0.3) is 5.91 Å². The molecule has 1 N–H and O–H groups in total. The highest BCUT2D eigenvalue weighted by Crippen LogP contribution is 2.28. The number of anilines is 2. The zero-order valence-electron chi connectivity index (χ0n) is 13.4. The average molecular weight is 324 g/mol. The fourth-order valence-corrected chi connectivity index (χ4v) is 3.26. The molecule has 1 atom stereocenters. The Kier molecular flexibility index (Phi) is 4.13. The van der Waals surface area contributed by atoms with Crippen molar-refractivity contribution in [1.29, 1.82) is 0 Å². The lowest BCUT2D eigenvalue weighted by Gasteiger charge is -2.17. The van der Waals surface area contributed by atoms with E-state index in [-0.39, 0.29) is 12.0 Å². The monoisotopic (exact) mass is 324 g/mol. The lowest BCUT2D eigenvalue weighted by atomic mass is 10.2. The summed E-state index contributed by atoms with van der Waals surface area (Å²) in [6.07, 6.45) is 4.87. The number of amides is 1. The minimum atomic E-state index is -0.0810. The van der Waals surface area contributed by atoms with Gasteiger partial charge in [0, 0.05) is 31.6 Å². The number of hydrogen-bond donors (Lipinski definition) is 1. The van der Waals surface area contributed by atoms with Gasteiger partial charge >= 0.3 is 0 Å². The van der Waals surface area contributed by atoms with E-state index in [0.717, 1.165) is 31.6 Å². The third-order valence-corrected chi connectivity index (χ3v) is 4.52. The number of benzene rings is 1. The maximum Gasteiger partial charge on any atom is 0.277 e. The Labute approximate surface area is 140 Å². The molecule has 1 aromatic carbocycles. The molecule has 6 nitrogen and oxygen atoms in total. The largest absolute Gasteiger partial charge is 0.376 e. The van der Waals surface area contributed by atoms with Crippen LogP contribution >= 0.6 is 0 Å². The Balaban J connectivity index is 1.48. The van der Waals surface area contributed by atoms with Crippen LogP contribution in [0, 0.1) is 0 Å². The van der Waals surface area contributed by atoms with Crippen LogP contribution in [0.1, 0.15) is 28.9 Å². The highest BCUT2D eigenvalue weighted by Gasteiger charge is 2.26. The number of aromatic nitrogens is 2. The lowest BCUT2D eigenvalue weighted by Crippen LogP contribution is -2.30. The molecule has 6 heteroatoms. The van der Waals surface area contributed by atoms with Crippen molar-refractivity contribution in [3.05, 3.63) is 47.8 Å². The summed E-state index contributed by atoms with van der Waals surface area (Å²) in [5.74, 6) is 0.395. The van der Waals surface area contributed by atoms with E-state index in [9.17, 15) is 4.79 Å². The highest BCUT2D eigenvalue weighted by atomic mass is 16.5. The minimum Gasteiger partial charge on any atom is -0.376 e. The summed E-state index contributed by atoms with van der Waals surface area (Å²) in [7, 11) is 0. The second-order valence-corrected chi connectivity index (χ2v) is 6.12. The summed E-state index contributed by atoms with van der Waals surface area (Å²) in [5.41, 5.74) is 2.60. The number of carbonyl (C=O) groups excluding carboxylic acids is 1. The first-order valence-electron chi connectivity index (χ1n) is 8.39. The summed E-state index contributed by atoms with van der Waals surface area (Å²) in [5, 5.41) is 3.17. The Morgan fingerprint density at radius 1 is 1.33 bits per heavy atom. The van der Waals surface area contributed by atoms with Crippen LogP contribution in [0.2, 0.25) is 0 Å². The lowest BCUT2D eigenvalue weighted by molar-refractivity contribution is 0.0984. The van der Waals surface area contributed by atoms with Gasteiger partial charge in [-0.15, -0.1) is 0 Å². The quantitative estimate of drug-likeness (QED) is 0.934. The molecule has 1 fully saturated rings. The number of fused-ring (bicyclic) bond motifs is 1. The van der Waals surface area contributed by atoms with Crippen LogP contribution in [-0.2, 0) is 11.2 Å². The predicted octanol–water partition coefficient (Wildman–Crippen LogP) is 2.27. The van der Waals surface area contributed by atoms with Gasteiger partial charge in [-0.05, 0) is 37.0 Å². The van der Waals surface area contributed by atoms with Gasteiger partial charge in [0.2, 0.25) is 5.95 Å². The molecule has 1 aromatic heterocycles. The second-order valence-electron chi connectivity index (χ2n) is 6.12. The van der Waals surface area contributed by atoms with Gasteiger partial charge in [-0.3, -0.25) is 4.79 Å². The molecule has 24 heavy (non-hydrogen) atoms. The van der Waals surface area contributed by atoms with Crippen molar-refractivity contribution < 1.29 is 9.53 Å². The molecule has 0 spiro atoms. The Morgan fingerprint density at radius 2 is 2.25 bits per heavy atom. The topological polar surface area (TPSA) is 67.3 Å². The van der Waals surface area contributed by atoms with Crippen LogP contribution in [0.5, 0.6) is 0 Å². The molecule has 1 amide bonds. The van der Waals surface area contributed by atoms with Gasteiger partial charge in [-0.25, -0.2) is 9.97 Å². The number of ether oxygens (including phenoxy) is 1. The number of carbonyl (C=O) groups is 1. The highest BCUT2D eigenvalue weighted by molar-refractivity contribution is 6.06. The summed E-state index contributed by atoms with van der Waals surface area (Å²) < 4.78 is 5.58. The summed E-state index contributed by atoms with van der Waals surface area (Å²) >= 11 is 0. The molecular formula is C18H20N4O2. The molecule has 1 unspecified atom stereocenters. The van der Waals surface area contributed by atoms with Crippen molar-refractivity contribution in [3.8, 4) is 0 Å². The van der Waals surface area contributed by atoms with Crippen LogP contribution < -0.4 is 10.2 Å². The zero-order chi connectivity index (χ0) is 16.4. The van der Waals surface area contributed by atoms with Gasteiger partial charge in [0.1, 0.15) is 5.69 Å². The van der Waals surface area contributed by atoms with Crippen LogP contribution in [0.3, 0.4) is 0 Å². The number of nitrogens with zero attached hydrogens (tertiary/aromatic N) is 3. The molecular weight excluding hydrogens is 304 g/mol. The number of rotatable bonds is 4. The summed E-state index contributed by atoms with van der Waals surface area (Å²) in [6, 6.07) is 9.68. The first-order valence-corrected chi connectivity index (χ1v) is 8.39. The van der Waals surface area contributed by atoms with Crippen LogP contribution in [-0.4, -0.2) is 41.7 Å². The summed E-state index contributed by atoms with van der Waals surface area (Å²) in [6.45, 7) is 2.19. The SMILES string of the molecule is O=C(c1ccnc(NCC2CCCO2)n1)N1CCc2ccccc21. The minimum absolute atomic E-state index is 0.0810. The molecule has 1 saturated heterocycles. The Bertz CT molecular complexity index is 743. The van der Waals surface area contributed by atoms with E-state index >= 15 is 0 Å². The van der Waals surface area contributed by atoms with E-state index in [1.165, 1.54) is 5.56 Å². The Morgan fingerprint density at radius 3 is 3.12 bits per heavy atom. The number of nitrogens with one attached hydrogen (secondary N) is 1. The van der Waals surface area contributed by atoms with Crippen molar-refractivity contribution in [2.75, 3.05) is 29.9 Å². The van der Waals surface area contributed by atoms with Crippen LogP contribution in [0.25, 0.3) is 0 Å². The molecule has 124 valence electrons. The molecule has 2 aliphatic heterocycles. The predicted molar refractivity (Wildman–Crippen MR) is 91.3 cm³/mol. The molecule has 0 bridgehead atoms. The van der Waals surface area contributed by atoms with E-state index in [4.69, 9.17) is 4.74 Å². The van der Waals surface area contributed by atoms with Gasteiger partial charge < -0.3 is 15.0 Å². The van der Waals surface area contributed by atoms with Crippen molar-refractivity contribution >= 4 is 17.5 Å². The van der Waals surface area contributed by atoms with Gasteiger partial charge in [-0.2, -0.15) is 0 Å². The van der Waals surface area contributed by atoms with Crippen molar-refractivity contribution in [2.24, 2.45) is 0 Å². The van der Waals surface area contributed by atoms with E-state index in [2.05, 4.69) is 21.4 Å². The number of hydrogen-bond acceptors (Lipinski definition) is 5. The standard InChI is InChI=1S/C18H20N4O2/c23-17(22-10-8-13-4-1-2-6-16(13)22)15-7-9-19-18(21-15)20-12-14-5-3-11-24-14/h1-2,4,6-7,9,14H,3,5,8,10-12H2,(H,19,20,21). The van der Waals surface area contributed by atoms with Crippen molar-refractivity contribution in [3.63, 3.8) is 0 Å². The van der Waals surface area contributed by atoms with E-state index in [0.29, 0.717) is 24.7 Å². The second kappa shape index (κ2) is 6.57. The van der Waals surface area contributed by atoms with Gasteiger partial charge in [-0.1, -0.05) is 18.2 Å².